The zero-order valence-electron chi connectivity index (χ0n) is 11.3. The summed E-state index contributed by atoms with van der Waals surface area (Å²) in [6, 6.07) is 1.42. The lowest BCUT2D eigenvalue weighted by atomic mass is 10.2. The number of amides is 2. The molecule has 1 saturated heterocycles. The minimum absolute atomic E-state index is 0.131. The summed E-state index contributed by atoms with van der Waals surface area (Å²) >= 11 is 1.90. The molecule has 2 rings (SSSR count). The maximum Gasteiger partial charge on any atom is 0.339 e. The van der Waals surface area contributed by atoms with E-state index in [1.807, 2.05) is 11.8 Å². The Bertz CT molecular complexity index is 495. The average molecular weight is 298 g/mol. The van der Waals surface area contributed by atoms with E-state index in [4.69, 9.17) is 9.52 Å². The number of urea groups is 1. The van der Waals surface area contributed by atoms with Gasteiger partial charge in [-0.05, 0) is 37.3 Å². The molecule has 1 fully saturated rings. The topological polar surface area (TPSA) is 91.6 Å². The summed E-state index contributed by atoms with van der Waals surface area (Å²) in [5.41, 5.74) is 0.131. The van der Waals surface area contributed by atoms with E-state index in [0.29, 0.717) is 11.5 Å². The Labute approximate surface area is 121 Å². The standard InChI is InChI=1S/C13H18N2O4S/c1-8-11(12(16)17)6-10(19-8)7-14-13(18)15-9-2-4-20-5-3-9/h6,9H,2-5,7H2,1H3,(H,16,17)(H2,14,15,18). The summed E-state index contributed by atoms with van der Waals surface area (Å²) < 4.78 is 5.29. The first-order valence-corrected chi connectivity index (χ1v) is 7.66. The molecular weight excluding hydrogens is 280 g/mol. The molecule has 110 valence electrons. The van der Waals surface area contributed by atoms with Crippen molar-refractivity contribution < 1.29 is 19.1 Å². The zero-order chi connectivity index (χ0) is 14.5. The minimum atomic E-state index is -1.03. The van der Waals surface area contributed by atoms with E-state index < -0.39 is 5.97 Å². The van der Waals surface area contributed by atoms with Crippen molar-refractivity contribution in [3.05, 3.63) is 23.2 Å². The predicted octanol–water partition coefficient (Wildman–Crippen LogP) is 1.98. The monoisotopic (exact) mass is 298 g/mol. The fraction of sp³-hybridized carbons (Fsp3) is 0.538. The van der Waals surface area contributed by atoms with Crippen LogP contribution in [-0.2, 0) is 6.54 Å². The van der Waals surface area contributed by atoms with Gasteiger partial charge in [0.25, 0.3) is 0 Å². The van der Waals surface area contributed by atoms with Crippen LogP contribution in [0.5, 0.6) is 0 Å². The lowest BCUT2D eigenvalue weighted by molar-refractivity contribution is 0.0695. The molecule has 0 spiro atoms. The van der Waals surface area contributed by atoms with Crippen LogP contribution in [0.15, 0.2) is 10.5 Å². The maximum atomic E-state index is 11.7. The van der Waals surface area contributed by atoms with Gasteiger partial charge in [0.05, 0.1) is 6.54 Å². The highest BCUT2D eigenvalue weighted by molar-refractivity contribution is 7.99. The van der Waals surface area contributed by atoms with Gasteiger partial charge in [0, 0.05) is 6.04 Å². The first-order valence-electron chi connectivity index (χ1n) is 6.51. The molecule has 0 unspecified atom stereocenters. The van der Waals surface area contributed by atoms with Gasteiger partial charge < -0.3 is 20.2 Å². The van der Waals surface area contributed by atoms with E-state index in [2.05, 4.69) is 10.6 Å². The SMILES string of the molecule is Cc1oc(CNC(=O)NC2CCSCC2)cc1C(=O)O. The highest BCUT2D eigenvalue weighted by Gasteiger charge is 2.17. The Kier molecular flexibility index (Phi) is 4.94. The molecule has 1 aliphatic heterocycles. The van der Waals surface area contributed by atoms with Gasteiger partial charge in [0.1, 0.15) is 17.1 Å². The third-order valence-electron chi connectivity index (χ3n) is 3.18. The van der Waals surface area contributed by atoms with Crippen LogP contribution in [-0.4, -0.2) is 34.7 Å². The van der Waals surface area contributed by atoms with Crippen LogP contribution in [0.2, 0.25) is 0 Å². The van der Waals surface area contributed by atoms with Gasteiger partial charge in [-0.2, -0.15) is 11.8 Å². The molecule has 2 amide bonds. The van der Waals surface area contributed by atoms with Gasteiger partial charge in [0.15, 0.2) is 0 Å². The predicted molar refractivity (Wildman–Crippen MR) is 76.1 cm³/mol. The van der Waals surface area contributed by atoms with Crippen LogP contribution in [0.25, 0.3) is 0 Å². The number of carbonyl (C=O) groups excluding carboxylic acids is 1. The molecule has 6 nitrogen and oxygen atoms in total. The second-order valence-electron chi connectivity index (χ2n) is 4.70. The summed E-state index contributed by atoms with van der Waals surface area (Å²) in [5.74, 6) is 1.91. The minimum Gasteiger partial charge on any atom is -0.478 e. The van der Waals surface area contributed by atoms with Crippen LogP contribution in [0.4, 0.5) is 4.79 Å². The summed E-state index contributed by atoms with van der Waals surface area (Å²) in [4.78, 5) is 22.6. The fourth-order valence-electron chi connectivity index (χ4n) is 2.09. The number of furan rings is 1. The Hall–Kier alpha value is -1.63. The Morgan fingerprint density at radius 3 is 2.75 bits per heavy atom. The largest absolute Gasteiger partial charge is 0.478 e. The van der Waals surface area contributed by atoms with E-state index in [-0.39, 0.29) is 24.2 Å². The number of carboxylic acids is 1. The fourth-order valence-corrected chi connectivity index (χ4v) is 3.20. The number of carboxylic acid groups (broad SMARTS) is 1. The molecule has 2 heterocycles. The van der Waals surface area contributed by atoms with E-state index in [1.54, 1.807) is 6.92 Å². The molecule has 0 aliphatic carbocycles. The maximum absolute atomic E-state index is 11.7. The van der Waals surface area contributed by atoms with Gasteiger partial charge in [-0.3, -0.25) is 0 Å². The summed E-state index contributed by atoms with van der Waals surface area (Å²) in [6.45, 7) is 1.77. The van der Waals surface area contributed by atoms with Crippen molar-refractivity contribution >= 4 is 23.8 Å². The third-order valence-corrected chi connectivity index (χ3v) is 4.23. The van der Waals surface area contributed by atoms with Crippen molar-refractivity contribution in [2.24, 2.45) is 0 Å². The van der Waals surface area contributed by atoms with Crippen LogP contribution in [0.1, 0.15) is 34.7 Å². The Balaban J connectivity index is 1.80. The Morgan fingerprint density at radius 2 is 2.15 bits per heavy atom. The van der Waals surface area contributed by atoms with Crippen molar-refractivity contribution in [3.63, 3.8) is 0 Å². The van der Waals surface area contributed by atoms with E-state index >= 15 is 0 Å². The van der Waals surface area contributed by atoms with Crippen molar-refractivity contribution in [2.75, 3.05) is 11.5 Å². The van der Waals surface area contributed by atoms with Crippen LogP contribution in [0.3, 0.4) is 0 Å². The van der Waals surface area contributed by atoms with Crippen molar-refractivity contribution in [1.82, 2.24) is 10.6 Å². The van der Waals surface area contributed by atoms with Crippen LogP contribution >= 0.6 is 11.8 Å². The van der Waals surface area contributed by atoms with E-state index in [0.717, 1.165) is 24.3 Å². The molecule has 20 heavy (non-hydrogen) atoms. The molecule has 1 aromatic heterocycles. The zero-order valence-corrected chi connectivity index (χ0v) is 12.1. The van der Waals surface area contributed by atoms with Crippen molar-refractivity contribution in [2.45, 2.75) is 32.4 Å². The van der Waals surface area contributed by atoms with Crippen molar-refractivity contribution in [3.8, 4) is 0 Å². The molecule has 0 bridgehead atoms. The van der Waals surface area contributed by atoms with Crippen LogP contribution < -0.4 is 10.6 Å². The molecule has 0 radical (unpaired) electrons. The average Bonchev–Trinajstić information content (AvgIpc) is 2.79. The second kappa shape index (κ2) is 6.69. The van der Waals surface area contributed by atoms with Crippen LogP contribution in [0, 0.1) is 6.92 Å². The second-order valence-corrected chi connectivity index (χ2v) is 5.93. The summed E-state index contributed by atoms with van der Waals surface area (Å²) in [7, 11) is 0. The highest BCUT2D eigenvalue weighted by atomic mass is 32.2. The number of rotatable bonds is 4. The molecule has 7 heteroatoms. The number of carbonyl (C=O) groups is 2. The highest BCUT2D eigenvalue weighted by Crippen LogP contribution is 2.17. The lowest BCUT2D eigenvalue weighted by Gasteiger charge is -2.22. The number of hydrogen-bond donors (Lipinski definition) is 3. The summed E-state index contributed by atoms with van der Waals surface area (Å²) in [5, 5.41) is 14.5. The van der Waals surface area contributed by atoms with Gasteiger partial charge in [-0.15, -0.1) is 0 Å². The molecule has 3 N–H and O–H groups in total. The number of aryl methyl sites for hydroxylation is 1. The molecule has 0 atom stereocenters. The van der Waals surface area contributed by atoms with Gasteiger partial charge in [-0.25, -0.2) is 9.59 Å². The van der Waals surface area contributed by atoms with Gasteiger partial charge in [-0.1, -0.05) is 0 Å². The normalized spacial score (nSPS) is 15.8. The van der Waals surface area contributed by atoms with Gasteiger partial charge >= 0.3 is 12.0 Å². The van der Waals surface area contributed by atoms with E-state index in [1.165, 1.54) is 6.07 Å². The van der Waals surface area contributed by atoms with Gasteiger partial charge in [0.2, 0.25) is 0 Å². The number of hydrogen-bond acceptors (Lipinski definition) is 4. The van der Waals surface area contributed by atoms with Crippen molar-refractivity contribution in [1.29, 1.82) is 0 Å². The first-order chi connectivity index (χ1) is 9.56. The number of thioether (sulfide) groups is 1. The number of aromatic carboxylic acids is 1. The molecular formula is C13H18N2O4S. The number of nitrogens with one attached hydrogen (secondary N) is 2. The molecule has 1 aromatic rings. The lowest BCUT2D eigenvalue weighted by Crippen LogP contribution is -2.43. The first kappa shape index (κ1) is 14.8. The third kappa shape index (κ3) is 3.93. The smallest absolute Gasteiger partial charge is 0.339 e. The quantitative estimate of drug-likeness (QED) is 0.790. The Morgan fingerprint density at radius 1 is 1.45 bits per heavy atom. The molecule has 0 aromatic carbocycles. The molecule has 1 aliphatic rings. The van der Waals surface area contributed by atoms with E-state index in [9.17, 15) is 9.59 Å². The summed E-state index contributed by atoms with van der Waals surface area (Å²) in [6.07, 6.45) is 1.97. The molecule has 0 saturated carbocycles.